The molecule has 0 fully saturated rings. The van der Waals surface area contributed by atoms with E-state index in [1.807, 2.05) is 32.0 Å². The standard InChI is InChI=1S/C23H30N4O3/c1-5-26(18-10-7-6-8-11-18)13-9-12-24-21(28)19-17(4)30-22-20(19)23(29)27(15-25-22)14-16(2)3/h6-8,10-11,15-16H,5,9,12-14H2,1-4H3,(H,24,28). The lowest BCUT2D eigenvalue weighted by molar-refractivity contribution is 0.0953. The molecule has 0 radical (unpaired) electrons. The topological polar surface area (TPSA) is 80.4 Å². The number of carbonyl (C=O) groups excluding carboxylic acids is 1. The summed E-state index contributed by atoms with van der Waals surface area (Å²) in [7, 11) is 0. The molecule has 2 heterocycles. The number of para-hydroxylation sites is 1. The lowest BCUT2D eigenvalue weighted by atomic mass is 10.1. The molecular weight excluding hydrogens is 380 g/mol. The van der Waals surface area contributed by atoms with Crippen LogP contribution in [0.4, 0.5) is 5.69 Å². The molecule has 1 amide bonds. The highest BCUT2D eigenvalue weighted by atomic mass is 16.3. The van der Waals surface area contributed by atoms with Gasteiger partial charge in [0.2, 0.25) is 5.71 Å². The largest absolute Gasteiger partial charge is 0.442 e. The van der Waals surface area contributed by atoms with Gasteiger partial charge in [-0.15, -0.1) is 0 Å². The van der Waals surface area contributed by atoms with Gasteiger partial charge in [-0.25, -0.2) is 4.98 Å². The monoisotopic (exact) mass is 410 g/mol. The molecule has 0 bridgehead atoms. The third-order valence-corrected chi connectivity index (χ3v) is 5.04. The predicted molar refractivity (Wildman–Crippen MR) is 119 cm³/mol. The van der Waals surface area contributed by atoms with Crippen molar-refractivity contribution in [2.24, 2.45) is 5.92 Å². The summed E-state index contributed by atoms with van der Waals surface area (Å²) >= 11 is 0. The molecule has 3 aromatic rings. The van der Waals surface area contributed by atoms with Crippen LogP contribution in [0.15, 0.2) is 45.9 Å². The molecule has 0 unspecified atom stereocenters. The van der Waals surface area contributed by atoms with Gasteiger partial charge in [-0.2, -0.15) is 0 Å². The Labute approximate surface area is 176 Å². The molecule has 2 aromatic heterocycles. The Morgan fingerprint density at radius 3 is 2.67 bits per heavy atom. The number of hydrogen-bond donors (Lipinski definition) is 1. The molecule has 0 saturated carbocycles. The number of carbonyl (C=O) groups is 1. The number of aromatic nitrogens is 2. The first-order chi connectivity index (χ1) is 14.4. The Balaban J connectivity index is 1.69. The Morgan fingerprint density at radius 1 is 1.27 bits per heavy atom. The maximum atomic E-state index is 12.9. The van der Waals surface area contributed by atoms with Crippen LogP contribution in [-0.4, -0.2) is 35.1 Å². The molecule has 30 heavy (non-hydrogen) atoms. The second-order valence-corrected chi connectivity index (χ2v) is 7.83. The SMILES string of the molecule is CCN(CCCNC(=O)c1c(C)oc2ncn(CC(C)C)c(=O)c12)c1ccccc1. The van der Waals surface area contributed by atoms with Gasteiger partial charge in [-0.3, -0.25) is 14.2 Å². The fourth-order valence-corrected chi connectivity index (χ4v) is 3.60. The Kier molecular flexibility index (Phi) is 6.92. The van der Waals surface area contributed by atoms with Crippen LogP contribution >= 0.6 is 0 Å². The van der Waals surface area contributed by atoms with E-state index in [4.69, 9.17) is 4.42 Å². The minimum atomic E-state index is -0.296. The summed E-state index contributed by atoms with van der Waals surface area (Å²) in [6, 6.07) is 10.2. The zero-order valence-electron chi connectivity index (χ0n) is 18.1. The summed E-state index contributed by atoms with van der Waals surface area (Å²) in [6.07, 6.45) is 2.28. The van der Waals surface area contributed by atoms with E-state index < -0.39 is 0 Å². The summed E-state index contributed by atoms with van der Waals surface area (Å²) < 4.78 is 7.13. The van der Waals surface area contributed by atoms with Crippen molar-refractivity contribution in [2.75, 3.05) is 24.5 Å². The van der Waals surface area contributed by atoms with Gasteiger partial charge in [0.1, 0.15) is 17.5 Å². The first-order valence-electron chi connectivity index (χ1n) is 10.5. The molecule has 0 spiro atoms. The van der Waals surface area contributed by atoms with Crippen LogP contribution in [0.1, 0.15) is 43.3 Å². The summed E-state index contributed by atoms with van der Waals surface area (Å²) in [5.74, 6) is 0.405. The van der Waals surface area contributed by atoms with Crippen molar-refractivity contribution in [1.82, 2.24) is 14.9 Å². The predicted octanol–water partition coefficient (Wildman–Crippen LogP) is 3.60. The van der Waals surface area contributed by atoms with Gasteiger partial charge in [-0.1, -0.05) is 32.0 Å². The number of rotatable bonds is 9. The Bertz CT molecular complexity index is 1050. The first-order valence-corrected chi connectivity index (χ1v) is 10.5. The van der Waals surface area contributed by atoms with E-state index in [9.17, 15) is 9.59 Å². The van der Waals surface area contributed by atoms with Crippen LogP contribution in [0, 0.1) is 12.8 Å². The highest BCUT2D eigenvalue weighted by Crippen LogP contribution is 2.21. The molecule has 1 N–H and O–H groups in total. The van der Waals surface area contributed by atoms with Crippen LogP contribution in [0.25, 0.3) is 11.1 Å². The van der Waals surface area contributed by atoms with Crippen LogP contribution < -0.4 is 15.8 Å². The summed E-state index contributed by atoms with van der Waals surface area (Å²) in [6.45, 7) is 10.6. The number of amides is 1. The van der Waals surface area contributed by atoms with Gasteiger partial charge in [-0.05, 0) is 38.3 Å². The average Bonchev–Trinajstić information content (AvgIpc) is 3.07. The van der Waals surface area contributed by atoms with E-state index in [2.05, 4.69) is 34.3 Å². The number of benzene rings is 1. The molecule has 0 atom stereocenters. The van der Waals surface area contributed by atoms with Crippen LogP contribution in [0.2, 0.25) is 0 Å². The van der Waals surface area contributed by atoms with E-state index in [-0.39, 0.29) is 28.1 Å². The fraction of sp³-hybridized carbons (Fsp3) is 0.435. The van der Waals surface area contributed by atoms with Crippen molar-refractivity contribution in [3.05, 3.63) is 58.3 Å². The van der Waals surface area contributed by atoms with Gasteiger partial charge in [0.15, 0.2) is 0 Å². The normalized spacial score (nSPS) is 11.2. The number of nitrogens with zero attached hydrogens (tertiary/aromatic N) is 3. The number of aryl methyl sites for hydroxylation is 1. The quantitative estimate of drug-likeness (QED) is 0.545. The maximum absolute atomic E-state index is 12.9. The molecule has 1 aromatic carbocycles. The van der Waals surface area contributed by atoms with E-state index in [0.717, 1.165) is 19.5 Å². The van der Waals surface area contributed by atoms with Gasteiger partial charge in [0.25, 0.3) is 11.5 Å². The molecule has 0 aliphatic heterocycles. The molecule has 3 rings (SSSR count). The molecule has 0 saturated heterocycles. The number of fused-ring (bicyclic) bond motifs is 1. The minimum absolute atomic E-state index is 0.212. The summed E-state index contributed by atoms with van der Waals surface area (Å²) in [4.78, 5) is 32.2. The lowest BCUT2D eigenvalue weighted by Gasteiger charge is -2.23. The Morgan fingerprint density at radius 2 is 2.00 bits per heavy atom. The Hall–Kier alpha value is -3.09. The molecule has 160 valence electrons. The third kappa shape index (κ3) is 4.72. The second kappa shape index (κ2) is 9.61. The second-order valence-electron chi connectivity index (χ2n) is 7.83. The van der Waals surface area contributed by atoms with Crippen LogP contribution in [0.5, 0.6) is 0 Å². The van der Waals surface area contributed by atoms with Gasteiger partial charge in [0, 0.05) is 31.9 Å². The highest BCUT2D eigenvalue weighted by Gasteiger charge is 2.22. The van der Waals surface area contributed by atoms with E-state index in [1.165, 1.54) is 16.6 Å². The third-order valence-electron chi connectivity index (χ3n) is 5.04. The number of nitrogens with one attached hydrogen (secondary N) is 1. The van der Waals surface area contributed by atoms with Crippen LogP contribution in [-0.2, 0) is 6.54 Å². The van der Waals surface area contributed by atoms with Crippen molar-refractivity contribution in [3.8, 4) is 0 Å². The van der Waals surface area contributed by atoms with Gasteiger partial charge < -0.3 is 14.6 Å². The average molecular weight is 411 g/mol. The summed E-state index contributed by atoms with van der Waals surface area (Å²) in [5, 5.41) is 3.19. The number of furan rings is 1. The van der Waals surface area contributed by atoms with Gasteiger partial charge in [0.05, 0.1) is 5.56 Å². The minimum Gasteiger partial charge on any atom is -0.442 e. The molecule has 0 aliphatic rings. The van der Waals surface area contributed by atoms with Crippen molar-refractivity contribution < 1.29 is 9.21 Å². The van der Waals surface area contributed by atoms with Crippen molar-refractivity contribution in [2.45, 2.75) is 40.7 Å². The van der Waals surface area contributed by atoms with E-state index in [0.29, 0.717) is 24.8 Å². The molecular formula is C23H30N4O3. The molecule has 7 heteroatoms. The van der Waals surface area contributed by atoms with Crippen molar-refractivity contribution in [1.29, 1.82) is 0 Å². The smallest absolute Gasteiger partial charge is 0.265 e. The number of hydrogen-bond acceptors (Lipinski definition) is 5. The molecule has 7 nitrogen and oxygen atoms in total. The van der Waals surface area contributed by atoms with Gasteiger partial charge >= 0.3 is 0 Å². The lowest BCUT2D eigenvalue weighted by Crippen LogP contribution is -2.31. The maximum Gasteiger partial charge on any atom is 0.265 e. The van der Waals surface area contributed by atoms with Crippen LogP contribution in [0.3, 0.4) is 0 Å². The zero-order chi connectivity index (χ0) is 21.7. The first kappa shape index (κ1) is 21.6. The summed E-state index contributed by atoms with van der Waals surface area (Å²) in [5.41, 5.74) is 1.43. The van der Waals surface area contributed by atoms with Crippen molar-refractivity contribution >= 4 is 22.7 Å². The van der Waals surface area contributed by atoms with E-state index >= 15 is 0 Å². The fourth-order valence-electron chi connectivity index (χ4n) is 3.60. The van der Waals surface area contributed by atoms with Crippen molar-refractivity contribution in [3.63, 3.8) is 0 Å². The van der Waals surface area contributed by atoms with E-state index in [1.54, 1.807) is 6.92 Å². The highest BCUT2D eigenvalue weighted by molar-refractivity contribution is 6.06. The zero-order valence-corrected chi connectivity index (χ0v) is 18.1. The number of anilines is 1. The molecule has 0 aliphatic carbocycles.